The number of aryl methyl sites for hydroxylation is 1. The minimum absolute atomic E-state index is 0.0128. The van der Waals surface area contributed by atoms with Crippen LogP contribution in [0.15, 0.2) is 35.1 Å². The van der Waals surface area contributed by atoms with Gasteiger partial charge in [-0.25, -0.2) is 0 Å². The van der Waals surface area contributed by atoms with E-state index in [2.05, 4.69) is 19.2 Å². The van der Waals surface area contributed by atoms with Gasteiger partial charge >= 0.3 is 0 Å². The van der Waals surface area contributed by atoms with Gasteiger partial charge in [0.2, 0.25) is 0 Å². The fourth-order valence-corrected chi connectivity index (χ4v) is 5.44. The van der Waals surface area contributed by atoms with Crippen LogP contribution in [-0.4, -0.2) is 16.5 Å². The number of para-hydroxylation sites is 1. The molecule has 0 unspecified atom stereocenters. The smallest absolute Gasteiger partial charge is 0.261 e. The SMILES string of the molecule is CCn1c(=O)c2cc(C(=O)N[C@@H]3CCC[C@H](C)[C@@H]3C)sc2c2ccccc21. The van der Waals surface area contributed by atoms with Crippen molar-refractivity contribution in [3.8, 4) is 0 Å². The standard InChI is InChI=1S/C22H26N2O2S/c1-4-24-18-11-6-5-9-15(18)20-16(22(24)26)12-19(27-20)21(25)23-17-10-7-8-13(2)14(17)3/h5-6,9,11-14,17H,4,7-8,10H2,1-3H3,(H,23,25)/t13-,14-,17+/m0/s1. The predicted octanol–water partition coefficient (Wildman–Crippen LogP) is 4.79. The maximum atomic E-state index is 12.9. The number of carbonyl (C=O) groups excluding carboxylic acids is 1. The molecule has 1 N–H and O–H groups in total. The minimum Gasteiger partial charge on any atom is -0.348 e. The van der Waals surface area contributed by atoms with Crippen molar-refractivity contribution in [2.45, 2.75) is 52.6 Å². The molecule has 3 atom stereocenters. The van der Waals surface area contributed by atoms with Gasteiger partial charge < -0.3 is 9.88 Å². The number of thiophene rings is 1. The summed E-state index contributed by atoms with van der Waals surface area (Å²) in [6.07, 6.45) is 3.43. The third-order valence-corrected chi connectivity index (χ3v) is 7.38. The number of carbonyl (C=O) groups is 1. The maximum absolute atomic E-state index is 12.9. The summed E-state index contributed by atoms with van der Waals surface area (Å²) in [6.45, 7) is 7.09. The normalized spacial score (nSPS) is 23.0. The Kier molecular flexibility index (Phi) is 4.81. The van der Waals surface area contributed by atoms with Gasteiger partial charge in [0, 0.05) is 22.7 Å². The Bertz CT molecular complexity index is 1070. The van der Waals surface area contributed by atoms with E-state index >= 15 is 0 Å². The van der Waals surface area contributed by atoms with Crippen molar-refractivity contribution < 1.29 is 4.79 Å². The molecule has 1 aromatic carbocycles. The van der Waals surface area contributed by atoms with E-state index in [4.69, 9.17) is 0 Å². The molecule has 142 valence electrons. The van der Waals surface area contributed by atoms with Crippen LogP contribution in [-0.2, 0) is 6.54 Å². The molecule has 1 fully saturated rings. The van der Waals surface area contributed by atoms with E-state index in [9.17, 15) is 9.59 Å². The highest BCUT2D eigenvalue weighted by atomic mass is 32.1. The molecule has 1 aliphatic carbocycles. The second kappa shape index (κ2) is 7.12. The van der Waals surface area contributed by atoms with Gasteiger partial charge in [0.15, 0.2) is 0 Å². The number of rotatable bonds is 3. The molecule has 1 amide bonds. The summed E-state index contributed by atoms with van der Waals surface area (Å²) in [5, 5.41) is 4.92. The van der Waals surface area contributed by atoms with Crippen LogP contribution in [0.3, 0.4) is 0 Å². The monoisotopic (exact) mass is 382 g/mol. The Labute approximate surface area is 163 Å². The van der Waals surface area contributed by atoms with Crippen LogP contribution in [0, 0.1) is 11.8 Å². The second-order valence-corrected chi connectivity index (χ2v) is 8.82. The highest BCUT2D eigenvalue weighted by molar-refractivity contribution is 7.21. The third kappa shape index (κ3) is 3.08. The molecule has 0 spiro atoms. The first-order valence-electron chi connectivity index (χ1n) is 9.87. The molecule has 0 radical (unpaired) electrons. The molecule has 5 heteroatoms. The van der Waals surface area contributed by atoms with Gasteiger partial charge in [0.05, 0.1) is 15.8 Å². The molecule has 0 bridgehead atoms. The lowest BCUT2D eigenvalue weighted by molar-refractivity contribution is 0.0895. The molecule has 3 aromatic rings. The van der Waals surface area contributed by atoms with Crippen LogP contribution >= 0.6 is 11.3 Å². The Hall–Kier alpha value is -2.14. The molecular formula is C22H26N2O2S. The Morgan fingerprint density at radius 3 is 2.78 bits per heavy atom. The number of pyridine rings is 1. The molecule has 4 rings (SSSR count). The van der Waals surface area contributed by atoms with Crippen molar-refractivity contribution >= 4 is 38.2 Å². The van der Waals surface area contributed by atoms with Crippen LogP contribution in [0.1, 0.15) is 49.7 Å². The Morgan fingerprint density at radius 2 is 2.00 bits per heavy atom. The Morgan fingerprint density at radius 1 is 1.22 bits per heavy atom. The van der Waals surface area contributed by atoms with E-state index in [1.54, 1.807) is 10.6 Å². The van der Waals surface area contributed by atoms with Crippen LogP contribution in [0.4, 0.5) is 0 Å². The highest BCUT2D eigenvalue weighted by Gasteiger charge is 2.29. The molecule has 0 saturated heterocycles. The van der Waals surface area contributed by atoms with Crippen LogP contribution in [0.2, 0.25) is 0 Å². The van der Waals surface area contributed by atoms with Crippen molar-refractivity contribution in [1.29, 1.82) is 0 Å². The summed E-state index contributed by atoms with van der Waals surface area (Å²) in [4.78, 5) is 26.5. The van der Waals surface area contributed by atoms with E-state index in [-0.39, 0.29) is 17.5 Å². The Balaban J connectivity index is 1.75. The van der Waals surface area contributed by atoms with Crippen molar-refractivity contribution in [2.24, 2.45) is 11.8 Å². The van der Waals surface area contributed by atoms with Crippen LogP contribution in [0.25, 0.3) is 21.0 Å². The summed E-state index contributed by atoms with van der Waals surface area (Å²) in [5.41, 5.74) is 0.919. The number of fused-ring (bicyclic) bond motifs is 3. The van der Waals surface area contributed by atoms with Gasteiger partial charge in [0.25, 0.3) is 11.5 Å². The third-order valence-electron chi connectivity index (χ3n) is 6.21. The average Bonchev–Trinajstić information content (AvgIpc) is 3.12. The number of benzene rings is 1. The van der Waals surface area contributed by atoms with E-state index in [1.165, 1.54) is 17.8 Å². The molecule has 0 aliphatic heterocycles. The maximum Gasteiger partial charge on any atom is 0.261 e. The quantitative estimate of drug-likeness (QED) is 0.708. The zero-order valence-electron chi connectivity index (χ0n) is 16.1. The van der Waals surface area contributed by atoms with Gasteiger partial charge in [-0.15, -0.1) is 11.3 Å². The van der Waals surface area contributed by atoms with Crippen LogP contribution in [0.5, 0.6) is 0 Å². The van der Waals surface area contributed by atoms with E-state index in [0.717, 1.165) is 28.4 Å². The van der Waals surface area contributed by atoms with Gasteiger partial charge in [-0.3, -0.25) is 9.59 Å². The van der Waals surface area contributed by atoms with Crippen molar-refractivity contribution in [3.05, 3.63) is 45.6 Å². The number of nitrogens with zero attached hydrogens (tertiary/aromatic N) is 1. The predicted molar refractivity (Wildman–Crippen MR) is 113 cm³/mol. The summed E-state index contributed by atoms with van der Waals surface area (Å²) in [6, 6.07) is 9.95. The molecule has 2 heterocycles. The first kappa shape index (κ1) is 18.2. The molecule has 27 heavy (non-hydrogen) atoms. The van der Waals surface area contributed by atoms with Crippen molar-refractivity contribution in [3.63, 3.8) is 0 Å². The zero-order valence-corrected chi connectivity index (χ0v) is 16.9. The lowest BCUT2D eigenvalue weighted by Gasteiger charge is -2.34. The topological polar surface area (TPSA) is 51.1 Å². The lowest BCUT2D eigenvalue weighted by Crippen LogP contribution is -2.43. The fourth-order valence-electron chi connectivity index (χ4n) is 4.36. The number of nitrogens with one attached hydrogen (secondary N) is 1. The highest BCUT2D eigenvalue weighted by Crippen LogP contribution is 2.32. The number of aromatic nitrogens is 1. The average molecular weight is 383 g/mol. The number of hydrogen-bond donors (Lipinski definition) is 1. The molecular weight excluding hydrogens is 356 g/mol. The molecule has 1 saturated carbocycles. The zero-order chi connectivity index (χ0) is 19.1. The first-order valence-corrected chi connectivity index (χ1v) is 10.7. The molecule has 4 nitrogen and oxygen atoms in total. The van der Waals surface area contributed by atoms with E-state index < -0.39 is 0 Å². The van der Waals surface area contributed by atoms with Gasteiger partial charge in [-0.1, -0.05) is 44.9 Å². The van der Waals surface area contributed by atoms with Crippen molar-refractivity contribution in [1.82, 2.24) is 9.88 Å². The molecule has 1 aliphatic rings. The fraction of sp³-hybridized carbons (Fsp3) is 0.455. The summed E-state index contributed by atoms with van der Waals surface area (Å²) in [5.74, 6) is 1.07. The van der Waals surface area contributed by atoms with Gasteiger partial charge in [0.1, 0.15) is 0 Å². The van der Waals surface area contributed by atoms with Crippen LogP contribution < -0.4 is 10.9 Å². The van der Waals surface area contributed by atoms with Gasteiger partial charge in [-0.05, 0) is 37.3 Å². The van der Waals surface area contributed by atoms with E-state index in [0.29, 0.717) is 28.6 Å². The van der Waals surface area contributed by atoms with Crippen molar-refractivity contribution in [2.75, 3.05) is 0 Å². The summed E-state index contributed by atoms with van der Waals surface area (Å²) in [7, 11) is 0. The number of amides is 1. The first-order chi connectivity index (χ1) is 13.0. The molecule has 2 aromatic heterocycles. The minimum atomic E-state index is -0.0475. The second-order valence-electron chi connectivity index (χ2n) is 7.77. The van der Waals surface area contributed by atoms with E-state index in [1.807, 2.05) is 31.2 Å². The summed E-state index contributed by atoms with van der Waals surface area (Å²) >= 11 is 1.43. The lowest BCUT2D eigenvalue weighted by atomic mass is 9.78. The van der Waals surface area contributed by atoms with Gasteiger partial charge in [-0.2, -0.15) is 0 Å². The summed E-state index contributed by atoms with van der Waals surface area (Å²) < 4.78 is 2.70. The largest absolute Gasteiger partial charge is 0.348 e. The number of hydrogen-bond acceptors (Lipinski definition) is 3.